The second-order valence-corrected chi connectivity index (χ2v) is 9.77. The Labute approximate surface area is 217 Å². The first-order valence-electron chi connectivity index (χ1n) is 13.0. The summed E-state index contributed by atoms with van der Waals surface area (Å²) in [6, 6.07) is 35.0. The lowest BCUT2D eigenvalue weighted by molar-refractivity contribution is -0.337. The van der Waals surface area contributed by atoms with Gasteiger partial charge >= 0.3 is 0 Å². The molecule has 2 heterocycles. The highest BCUT2D eigenvalue weighted by Gasteiger charge is 2.50. The molecule has 0 aliphatic carbocycles. The van der Waals surface area contributed by atoms with Crippen LogP contribution < -0.4 is 0 Å². The third-order valence-electron chi connectivity index (χ3n) is 7.17. The van der Waals surface area contributed by atoms with Crippen molar-refractivity contribution < 1.29 is 23.7 Å². The van der Waals surface area contributed by atoms with Crippen molar-refractivity contribution in [3.63, 3.8) is 0 Å². The lowest BCUT2D eigenvalue weighted by Crippen LogP contribution is -2.62. The van der Waals surface area contributed by atoms with Crippen LogP contribution in [-0.2, 0) is 36.9 Å². The summed E-state index contributed by atoms with van der Waals surface area (Å²) in [5.74, 6) is 0. The van der Waals surface area contributed by atoms with E-state index in [1.54, 1.807) is 0 Å². The Balaban J connectivity index is 1.25. The van der Waals surface area contributed by atoms with Crippen LogP contribution in [0.4, 0.5) is 0 Å². The summed E-state index contributed by atoms with van der Waals surface area (Å²) in [5.41, 5.74) is 3.21. The fourth-order valence-electron chi connectivity index (χ4n) is 5.25. The molecule has 0 spiro atoms. The SMILES string of the molecule is CC1OC2COC(c3ccccc3)OC2C(OCc2ccc3ccccc3c2)C1OCc1ccccc1. The van der Waals surface area contributed by atoms with Crippen molar-refractivity contribution in [3.05, 3.63) is 120 Å². The Morgan fingerprint density at radius 3 is 2.16 bits per heavy atom. The van der Waals surface area contributed by atoms with Gasteiger partial charge in [-0.3, -0.25) is 0 Å². The molecule has 2 saturated heterocycles. The Hall–Kier alpha value is -3.06. The molecule has 190 valence electrons. The van der Waals surface area contributed by atoms with Gasteiger partial charge in [0.15, 0.2) is 6.29 Å². The minimum absolute atomic E-state index is 0.174. The Morgan fingerprint density at radius 2 is 1.35 bits per heavy atom. The largest absolute Gasteiger partial charge is 0.368 e. The molecule has 37 heavy (non-hydrogen) atoms. The fourth-order valence-corrected chi connectivity index (χ4v) is 5.25. The minimum atomic E-state index is -0.471. The molecule has 0 N–H and O–H groups in total. The van der Waals surface area contributed by atoms with Gasteiger partial charge in [-0.15, -0.1) is 0 Å². The third kappa shape index (κ3) is 5.47. The summed E-state index contributed by atoms with van der Waals surface area (Å²) < 4.78 is 32.1. The molecule has 4 aromatic rings. The van der Waals surface area contributed by atoms with Gasteiger partial charge in [0.05, 0.1) is 25.9 Å². The topological polar surface area (TPSA) is 46.2 Å². The molecule has 6 atom stereocenters. The summed E-state index contributed by atoms with van der Waals surface area (Å²) in [6.07, 6.45) is -1.81. The van der Waals surface area contributed by atoms with Crippen molar-refractivity contribution in [1.82, 2.24) is 0 Å². The molecular weight excluding hydrogens is 464 g/mol. The number of rotatable bonds is 7. The summed E-state index contributed by atoms with van der Waals surface area (Å²) in [6.45, 7) is 3.42. The molecule has 0 bridgehead atoms. The van der Waals surface area contributed by atoms with Crippen LogP contribution in [-0.4, -0.2) is 37.1 Å². The number of hydrogen-bond acceptors (Lipinski definition) is 5. The summed E-state index contributed by atoms with van der Waals surface area (Å²) in [4.78, 5) is 0. The van der Waals surface area contributed by atoms with E-state index in [1.807, 2.05) is 55.5 Å². The molecule has 0 aromatic heterocycles. The molecule has 0 saturated carbocycles. The van der Waals surface area contributed by atoms with Gasteiger partial charge in [-0.1, -0.05) is 97.1 Å². The van der Waals surface area contributed by atoms with Crippen molar-refractivity contribution in [2.45, 2.75) is 56.9 Å². The third-order valence-corrected chi connectivity index (χ3v) is 7.17. The van der Waals surface area contributed by atoms with E-state index < -0.39 is 6.29 Å². The molecule has 0 amide bonds. The van der Waals surface area contributed by atoms with Crippen LogP contribution in [0.3, 0.4) is 0 Å². The molecular formula is C32H32O5. The predicted molar refractivity (Wildman–Crippen MR) is 142 cm³/mol. The zero-order valence-corrected chi connectivity index (χ0v) is 20.9. The van der Waals surface area contributed by atoms with E-state index in [-0.39, 0.29) is 30.5 Å². The van der Waals surface area contributed by atoms with Gasteiger partial charge in [0.25, 0.3) is 0 Å². The van der Waals surface area contributed by atoms with E-state index in [2.05, 4.69) is 54.6 Å². The van der Waals surface area contributed by atoms with Crippen molar-refractivity contribution in [2.24, 2.45) is 0 Å². The van der Waals surface area contributed by atoms with Crippen molar-refractivity contribution >= 4 is 10.8 Å². The molecule has 2 aliphatic rings. The molecule has 5 heteroatoms. The van der Waals surface area contributed by atoms with Crippen LogP contribution in [0.5, 0.6) is 0 Å². The number of ether oxygens (including phenoxy) is 5. The normalized spacial score (nSPS) is 27.6. The first-order chi connectivity index (χ1) is 18.2. The van der Waals surface area contributed by atoms with Crippen LogP contribution in [0.1, 0.15) is 29.9 Å². The van der Waals surface area contributed by atoms with Gasteiger partial charge in [0, 0.05) is 5.56 Å². The van der Waals surface area contributed by atoms with Crippen molar-refractivity contribution in [1.29, 1.82) is 0 Å². The monoisotopic (exact) mass is 496 g/mol. The predicted octanol–water partition coefficient (Wildman–Crippen LogP) is 6.21. The molecule has 6 unspecified atom stereocenters. The average Bonchev–Trinajstić information content (AvgIpc) is 2.96. The van der Waals surface area contributed by atoms with Crippen LogP contribution in [0, 0.1) is 0 Å². The Morgan fingerprint density at radius 1 is 0.676 bits per heavy atom. The lowest BCUT2D eigenvalue weighted by Gasteiger charge is -2.48. The number of benzene rings is 4. The van der Waals surface area contributed by atoms with E-state index >= 15 is 0 Å². The van der Waals surface area contributed by atoms with Gasteiger partial charge < -0.3 is 23.7 Å². The summed E-state index contributed by atoms with van der Waals surface area (Å²) >= 11 is 0. The first-order valence-corrected chi connectivity index (χ1v) is 13.0. The van der Waals surface area contributed by atoms with Crippen molar-refractivity contribution in [2.75, 3.05) is 6.61 Å². The van der Waals surface area contributed by atoms with Crippen LogP contribution in [0.15, 0.2) is 103 Å². The van der Waals surface area contributed by atoms with Crippen LogP contribution in [0.25, 0.3) is 10.8 Å². The highest BCUT2D eigenvalue weighted by Crippen LogP contribution is 2.37. The highest BCUT2D eigenvalue weighted by atomic mass is 16.7. The van der Waals surface area contributed by atoms with Gasteiger partial charge in [-0.05, 0) is 34.9 Å². The summed E-state index contributed by atoms with van der Waals surface area (Å²) in [7, 11) is 0. The minimum Gasteiger partial charge on any atom is -0.368 e. The standard InChI is InChI=1S/C32H32O5/c1-22-29(33-19-23-10-4-2-5-11-23)31(34-20-24-16-17-25-12-8-9-15-27(25)18-24)30-28(36-22)21-35-32(37-30)26-13-6-3-7-14-26/h2-18,22,28-32H,19-21H2,1H3. The lowest BCUT2D eigenvalue weighted by atomic mass is 9.94. The van der Waals surface area contributed by atoms with Crippen molar-refractivity contribution in [3.8, 4) is 0 Å². The van der Waals surface area contributed by atoms with Gasteiger partial charge in [0.2, 0.25) is 0 Å². The van der Waals surface area contributed by atoms with Gasteiger partial charge in [0.1, 0.15) is 24.4 Å². The quantitative estimate of drug-likeness (QED) is 0.304. The molecule has 5 nitrogen and oxygen atoms in total. The molecule has 0 radical (unpaired) electrons. The molecule has 4 aromatic carbocycles. The van der Waals surface area contributed by atoms with Gasteiger partial charge in [-0.2, -0.15) is 0 Å². The first kappa shape index (κ1) is 24.3. The van der Waals surface area contributed by atoms with E-state index in [0.717, 1.165) is 16.7 Å². The van der Waals surface area contributed by atoms with Crippen LogP contribution >= 0.6 is 0 Å². The van der Waals surface area contributed by atoms with E-state index in [4.69, 9.17) is 23.7 Å². The molecule has 2 aliphatic heterocycles. The zero-order valence-electron chi connectivity index (χ0n) is 20.9. The zero-order chi connectivity index (χ0) is 25.0. The van der Waals surface area contributed by atoms with E-state index in [1.165, 1.54) is 10.8 Å². The second kappa shape index (κ2) is 11.1. The smallest absolute Gasteiger partial charge is 0.184 e. The second-order valence-electron chi connectivity index (χ2n) is 9.77. The number of fused-ring (bicyclic) bond motifs is 2. The maximum Gasteiger partial charge on any atom is 0.184 e. The Kier molecular flexibility index (Phi) is 7.31. The highest BCUT2D eigenvalue weighted by molar-refractivity contribution is 5.82. The summed E-state index contributed by atoms with van der Waals surface area (Å²) in [5, 5.41) is 2.42. The number of hydrogen-bond donors (Lipinski definition) is 0. The van der Waals surface area contributed by atoms with Crippen LogP contribution in [0.2, 0.25) is 0 Å². The maximum absolute atomic E-state index is 6.66. The van der Waals surface area contributed by atoms with E-state index in [9.17, 15) is 0 Å². The van der Waals surface area contributed by atoms with Gasteiger partial charge in [-0.25, -0.2) is 0 Å². The average molecular weight is 497 g/mol. The fraction of sp³-hybridized carbons (Fsp3) is 0.312. The van der Waals surface area contributed by atoms with E-state index in [0.29, 0.717) is 19.8 Å². The maximum atomic E-state index is 6.66. The Bertz CT molecular complexity index is 1290. The molecule has 2 fully saturated rings. The molecule has 6 rings (SSSR count).